The fraction of sp³-hybridized carbons (Fsp3) is 0.342. The molecule has 3 aromatic heterocycles. The molecule has 2 aliphatic rings. The highest BCUT2D eigenvalue weighted by Gasteiger charge is 2.38. The quantitative estimate of drug-likeness (QED) is 0.137. The number of aromatic nitrogens is 5. The number of ether oxygens (including phenoxy) is 2. The third-order valence-electron chi connectivity index (χ3n) is 9.92. The number of primary amides is 1. The lowest BCUT2D eigenvalue weighted by Gasteiger charge is -2.27. The SMILES string of the molecule is COC(=O)N[C@@H](C)C(=O)N1CCCC1c1ncc(-c2ccc(-c3ccc(-c4cnc([C@@H]5CCCN5C(=O)[C@H](Cc5cscn5)OC(N)=O)[nH]4)cc3)cc2)[nH]1. The number of methoxy groups -OCH3 is 1. The highest BCUT2D eigenvalue weighted by Crippen LogP contribution is 2.35. The molecule has 0 aliphatic carbocycles. The zero-order valence-corrected chi connectivity index (χ0v) is 30.7. The van der Waals surface area contributed by atoms with Crippen LogP contribution < -0.4 is 11.1 Å². The van der Waals surface area contributed by atoms with Gasteiger partial charge in [-0.1, -0.05) is 48.5 Å². The second-order valence-corrected chi connectivity index (χ2v) is 14.1. The van der Waals surface area contributed by atoms with Crippen LogP contribution in [-0.2, 0) is 25.5 Å². The van der Waals surface area contributed by atoms with Crippen molar-refractivity contribution in [3.63, 3.8) is 0 Å². The highest BCUT2D eigenvalue weighted by molar-refractivity contribution is 7.07. The summed E-state index contributed by atoms with van der Waals surface area (Å²) in [6.45, 7) is 2.75. The molecule has 4 atom stereocenters. The molecule has 280 valence electrons. The summed E-state index contributed by atoms with van der Waals surface area (Å²) in [5.41, 5.74) is 13.3. The molecule has 15 nitrogen and oxygen atoms in total. The highest BCUT2D eigenvalue weighted by atomic mass is 32.1. The summed E-state index contributed by atoms with van der Waals surface area (Å²) in [4.78, 5) is 73.7. The molecule has 54 heavy (non-hydrogen) atoms. The zero-order chi connectivity index (χ0) is 37.8. The number of hydrogen-bond acceptors (Lipinski definition) is 10. The number of nitrogens with two attached hydrogens (primary N) is 1. The molecule has 0 spiro atoms. The molecule has 1 unspecified atom stereocenters. The maximum atomic E-state index is 13.6. The number of rotatable bonds is 11. The van der Waals surface area contributed by atoms with Crippen molar-refractivity contribution in [2.24, 2.45) is 5.73 Å². The van der Waals surface area contributed by atoms with E-state index in [0.29, 0.717) is 30.4 Å². The van der Waals surface area contributed by atoms with Gasteiger partial charge in [0.25, 0.3) is 5.91 Å². The van der Waals surface area contributed by atoms with E-state index in [0.717, 1.165) is 59.3 Å². The van der Waals surface area contributed by atoms with Crippen LogP contribution in [0.15, 0.2) is 71.8 Å². The van der Waals surface area contributed by atoms with Crippen LogP contribution >= 0.6 is 11.3 Å². The Kier molecular flexibility index (Phi) is 10.7. The summed E-state index contributed by atoms with van der Waals surface area (Å²) in [6, 6.07) is 15.1. The molecule has 2 aliphatic heterocycles. The van der Waals surface area contributed by atoms with Crippen molar-refractivity contribution in [2.75, 3.05) is 20.2 Å². The number of carbonyl (C=O) groups is 4. The van der Waals surface area contributed by atoms with E-state index in [1.165, 1.54) is 18.4 Å². The zero-order valence-electron chi connectivity index (χ0n) is 29.9. The minimum Gasteiger partial charge on any atom is -0.453 e. The summed E-state index contributed by atoms with van der Waals surface area (Å²) < 4.78 is 9.88. The number of nitrogens with one attached hydrogen (secondary N) is 3. The van der Waals surface area contributed by atoms with Gasteiger partial charge in [0.15, 0.2) is 6.10 Å². The first-order valence-corrected chi connectivity index (χ1v) is 18.7. The molecule has 2 saturated heterocycles. The van der Waals surface area contributed by atoms with E-state index in [1.54, 1.807) is 34.6 Å². The monoisotopic (exact) mass is 751 g/mol. The maximum Gasteiger partial charge on any atom is 0.407 e. The summed E-state index contributed by atoms with van der Waals surface area (Å²) >= 11 is 1.40. The van der Waals surface area contributed by atoms with Crippen molar-refractivity contribution in [1.29, 1.82) is 0 Å². The van der Waals surface area contributed by atoms with Crippen molar-refractivity contribution < 1.29 is 28.7 Å². The minimum atomic E-state index is -1.06. The molecule has 2 aromatic carbocycles. The summed E-state index contributed by atoms with van der Waals surface area (Å²) in [5, 5.41) is 4.37. The van der Waals surface area contributed by atoms with Crippen molar-refractivity contribution >= 4 is 35.3 Å². The van der Waals surface area contributed by atoms with Crippen LogP contribution in [0.5, 0.6) is 0 Å². The van der Waals surface area contributed by atoms with Crippen LogP contribution in [-0.4, -0.2) is 91.1 Å². The van der Waals surface area contributed by atoms with Gasteiger partial charge in [-0.3, -0.25) is 9.59 Å². The molecule has 7 rings (SSSR count). The number of H-pyrrole nitrogens is 2. The molecule has 5 heterocycles. The third-order valence-corrected chi connectivity index (χ3v) is 10.6. The van der Waals surface area contributed by atoms with Crippen molar-refractivity contribution in [3.05, 3.63) is 89.2 Å². The molecule has 4 amide bonds. The molecule has 0 radical (unpaired) electrons. The molecule has 0 bridgehead atoms. The first kappa shape index (κ1) is 36.3. The van der Waals surface area contributed by atoms with Crippen LogP contribution in [0.25, 0.3) is 33.6 Å². The number of amides is 4. The molecule has 5 aromatic rings. The van der Waals surface area contributed by atoms with E-state index in [2.05, 4.69) is 59.2 Å². The van der Waals surface area contributed by atoms with Gasteiger partial charge in [-0.15, -0.1) is 11.3 Å². The van der Waals surface area contributed by atoms with Gasteiger partial charge in [-0.2, -0.15) is 0 Å². The Morgan fingerprint density at radius 3 is 1.83 bits per heavy atom. The molecule has 16 heteroatoms. The Bertz CT molecular complexity index is 2100. The average molecular weight is 752 g/mol. The summed E-state index contributed by atoms with van der Waals surface area (Å²) in [5.74, 6) is 0.880. The Hall–Kier alpha value is -6.03. The number of nitrogens with zero attached hydrogens (tertiary/aromatic N) is 5. The van der Waals surface area contributed by atoms with Crippen LogP contribution in [0, 0.1) is 0 Å². The first-order chi connectivity index (χ1) is 26.2. The normalized spacial score (nSPS) is 18.0. The van der Waals surface area contributed by atoms with Crippen LogP contribution in [0.2, 0.25) is 0 Å². The lowest BCUT2D eigenvalue weighted by Crippen LogP contribution is -2.46. The van der Waals surface area contributed by atoms with Crippen LogP contribution in [0.1, 0.15) is 62.0 Å². The first-order valence-electron chi connectivity index (χ1n) is 17.8. The van der Waals surface area contributed by atoms with E-state index in [9.17, 15) is 19.2 Å². The van der Waals surface area contributed by atoms with Crippen LogP contribution in [0.4, 0.5) is 9.59 Å². The number of carbonyl (C=O) groups excluding carboxylic acids is 4. The number of thiazole rings is 1. The number of likely N-dealkylation sites (tertiary alicyclic amines) is 2. The summed E-state index contributed by atoms with van der Waals surface area (Å²) in [6.07, 6.45) is 4.13. The largest absolute Gasteiger partial charge is 0.453 e. The Morgan fingerprint density at radius 2 is 1.35 bits per heavy atom. The van der Waals surface area contributed by atoms with Gasteiger partial charge < -0.3 is 40.3 Å². The predicted molar refractivity (Wildman–Crippen MR) is 200 cm³/mol. The van der Waals surface area contributed by atoms with E-state index in [1.807, 2.05) is 29.6 Å². The molecule has 5 N–H and O–H groups in total. The fourth-order valence-corrected chi connectivity index (χ4v) is 7.77. The fourth-order valence-electron chi connectivity index (χ4n) is 7.20. The standard InChI is InChI=1S/C38H41N9O6S/c1-22(43-38(51)52-2)35(48)46-15-3-5-30(46)33-40-18-28(44-33)25-11-7-23(8-12-25)24-9-13-26(14-10-24)29-19-41-34(45-29)31-6-4-16-47(31)36(49)32(53-37(39)50)17-27-20-54-21-42-27/h7-14,18-22,30-32H,3-6,15-17H2,1-2H3,(H2,39,50)(H,40,44)(H,41,45)(H,43,51)/t22-,30?,31-,32-/m0/s1. The number of alkyl carbamates (subject to hydrolysis) is 1. The van der Waals surface area contributed by atoms with Crippen LogP contribution in [0.3, 0.4) is 0 Å². The Balaban J connectivity index is 0.994. The Labute approximate surface area is 315 Å². The van der Waals surface area contributed by atoms with E-state index in [4.69, 9.17) is 10.5 Å². The third kappa shape index (κ3) is 7.83. The second kappa shape index (κ2) is 15.9. The molecule has 0 saturated carbocycles. The van der Waals surface area contributed by atoms with Gasteiger partial charge in [0.05, 0.1) is 54.2 Å². The number of hydrogen-bond donors (Lipinski definition) is 4. The van der Waals surface area contributed by atoms with Crippen molar-refractivity contribution in [3.8, 4) is 33.6 Å². The minimum absolute atomic E-state index is 0.152. The number of benzene rings is 2. The van der Waals surface area contributed by atoms with E-state index >= 15 is 0 Å². The lowest BCUT2D eigenvalue weighted by molar-refractivity contribution is -0.141. The van der Waals surface area contributed by atoms with Gasteiger partial charge >= 0.3 is 12.2 Å². The van der Waals surface area contributed by atoms with Gasteiger partial charge in [0, 0.05) is 24.9 Å². The summed E-state index contributed by atoms with van der Waals surface area (Å²) in [7, 11) is 1.27. The number of aromatic amines is 2. The van der Waals surface area contributed by atoms with E-state index < -0.39 is 24.3 Å². The second-order valence-electron chi connectivity index (χ2n) is 13.4. The average Bonchev–Trinajstić information content (AvgIpc) is 4.03. The number of imidazole rings is 2. The maximum absolute atomic E-state index is 13.6. The molecular weight excluding hydrogens is 711 g/mol. The van der Waals surface area contributed by atoms with Crippen molar-refractivity contribution in [1.82, 2.24) is 40.0 Å². The lowest BCUT2D eigenvalue weighted by atomic mass is 10.0. The topological polar surface area (TPSA) is 202 Å². The van der Waals surface area contributed by atoms with Gasteiger partial charge in [0.1, 0.15) is 17.7 Å². The van der Waals surface area contributed by atoms with E-state index in [-0.39, 0.29) is 30.3 Å². The molecular formula is C38H41N9O6S. The van der Waals surface area contributed by atoms with Gasteiger partial charge in [-0.05, 0) is 54.9 Å². The van der Waals surface area contributed by atoms with Gasteiger partial charge in [0.2, 0.25) is 5.91 Å². The van der Waals surface area contributed by atoms with Gasteiger partial charge in [-0.25, -0.2) is 24.5 Å². The smallest absolute Gasteiger partial charge is 0.407 e. The predicted octanol–water partition coefficient (Wildman–Crippen LogP) is 5.37. The Morgan fingerprint density at radius 1 is 0.833 bits per heavy atom. The molecule has 2 fully saturated rings. The van der Waals surface area contributed by atoms with Crippen molar-refractivity contribution in [2.45, 2.75) is 63.3 Å².